The van der Waals surface area contributed by atoms with E-state index in [0.29, 0.717) is 5.13 Å². The summed E-state index contributed by atoms with van der Waals surface area (Å²) in [5, 5.41) is 1.29. The number of rotatable bonds is 3. The molecule has 0 aliphatic rings. The van der Waals surface area contributed by atoms with Gasteiger partial charge in [-0.05, 0) is 24.1 Å². The molecule has 0 radical (unpaired) electrons. The van der Waals surface area contributed by atoms with Gasteiger partial charge in [0.05, 0.1) is 0 Å². The van der Waals surface area contributed by atoms with Crippen LogP contribution >= 0.6 is 23.1 Å². The molecule has 0 spiro atoms. The number of benzene rings is 1. The standard InChI is InChI=1S/C10H10ClN3S/c11-8-3-1-2-7(6-8)4-5-9-13-10(12)15-14-9/h1-3,6H,4-5H2,(H2,12,13,14). The fourth-order valence-corrected chi connectivity index (χ4v) is 2.01. The average Bonchev–Trinajstić information content (AvgIpc) is 2.62. The lowest BCUT2D eigenvalue weighted by atomic mass is 10.1. The van der Waals surface area contributed by atoms with E-state index in [1.165, 1.54) is 17.1 Å². The van der Waals surface area contributed by atoms with Crippen molar-refractivity contribution >= 4 is 28.3 Å². The van der Waals surface area contributed by atoms with Crippen LogP contribution in [-0.4, -0.2) is 9.36 Å². The molecular weight excluding hydrogens is 230 g/mol. The third kappa shape index (κ3) is 2.91. The van der Waals surface area contributed by atoms with E-state index in [2.05, 4.69) is 9.36 Å². The smallest absolute Gasteiger partial charge is 0.199 e. The van der Waals surface area contributed by atoms with Gasteiger partial charge in [-0.15, -0.1) is 0 Å². The van der Waals surface area contributed by atoms with Crippen molar-refractivity contribution in [2.75, 3.05) is 5.73 Å². The average molecular weight is 240 g/mol. The molecule has 0 fully saturated rings. The first-order valence-corrected chi connectivity index (χ1v) is 5.72. The number of halogens is 1. The van der Waals surface area contributed by atoms with Gasteiger partial charge >= 0.3 is 0 Å². The van der Waals surface area contributed by atoms with Gasteiger partial charge in [-0.25, -0.2) is 4.98 Å². The van der Waals surface area contributed by atoms with Gasteiger partial charge in [-0.3, -0.25) is 0 Å². The summed E-state index contributed by atoms with van der Waals surface area (Å²) in [6.45, 7) is 0. The van der Waals surface area contributed by atoms with Gasteiger partial charge in [0.15, 0.2) is 5.13 Å². The Hall–Kier alpha value is -1.13. The highest BCUT2D eigenvalue weighted by molar-refractivity contribution is 7.09. The van der Waals surface area contributed by atoms with E-state index in [9.17, 15) is 0 Å². The molecule has 1 heterocycles. The van der Waals surface area contributed by atoms with Gasteiger partial charge in [-0.2, -0.15) is 4.37 Å². The minimum absolute atomic E-state index is 0.524. The van der Waals surface area contributed by atoms with Crippen LogP contribution in [0.5, 0.6) is 0 Å². The molecule has 0 aliphatic carbocycles. The molecule has 15 heavy (non-hydrogen) atoms. The number of hydrogen-bond donors (Lipinski definition) is 1. The van der Waals surface area contributed by atoms with Crippen molar-refractivity contribution in [3.05, 3.63) is 40.7 Å². The molecule has 0 atom stereocenters. The summed E-state index contributed by atoms with van der Waals surface area (Å²) < 4.78 is 4.13. The molecule has 0 aliphatic heterocycles. The molecule has 2 N–H and O–H groups in total. The molecule has 2 aromatic rings. The highest BCUT2D eigenvalue weighted by Crippen LogP contribution is 2.13. The zero-order chi connectivity index (χ0) is 10.7. The first-order valence-electron chi connectivity index (χ1n) is 4.56. The molecule has 0 amide bonds. The Bertz CT molecular complexity index is 455. The van der Waals surface area contributed by atoms with Crippen molar-refractivity contribution in [2.45, 2.75) is 12.8 Å². The summed E-state index contributed by atoms with van der Waals surface area (Å²) in [4.78, 5) is 4.10. The lowest BCUT2D eigenvalue weighted by Gasteiger charge is -1.98. The second kappa shape index (κ2) is 4.59. The Morgan fingerprint density at radius 2 is 2.20 bits per heavy atom. The molecule has 0 saturated carbocycles. The minimum atomic E-state index is 0.524. The van der Waals surface area contributed by atoms with Crippen LogP contribution in [0.15, 0.2) is 24.3 Å². The van der Waals surface area contributed by atoms with E-state index in [-0.39, 0.29) is 0 Å². The predicted octanol–water partition coefficient (Wildman–Crippen LogP) is 2.56. The summed E-state index contributed by atoms with van der Waals surface area (Å²) in [6, 6.07) is 7.81. The van der Waals surface area contributed by atoms with Crippen molar-refractivity contribution < 1.29 is 0 Å². The fraction of sp³-hybridized carbons (Fsp3) is 0.200. The first kappa shape index (κ1) is 10.4. The molecule has 1 aromatic carbocycles. The molecule has 1 aromatic heterocycles. The Balaban J connectivity index is 1.99. The molecule has 0 bridgehead atoms. The molecule has 2 rings (SSSR count). The fourth-order valence-electron chi connectivity index (χ4n) is 1.32. The van der Waals surface area contributed by atoms with E-state index in [0.717, 1.165) is 23.7 Å². The van der Waals surface area contributed by atoms with Crippen LogP contribution in [-0.2, 0) is 12.8 Å². The third-order valence-electron chi connectivity index (χ3n) is 2.01. The third-order valence-corrected chi connectivity index (χ3v) is 2.83. The summed E-state index contributed by atoms with van der Waals surface area (Å²) in [6.07, 6.45) is 1.69. The van der Waals surface area contributed by atoms with Gasteiger partial charge in [0.25, 0.3) is 0 Å². The van der Waals surface area contributed by atoms with E-state index >= 15 is 0 Å². The van der Waals surface area contributed by atoms with E-state index in [1.807, 2.05) is 24.3 Å². The Morgan fingerprint density at radius 3 is 2.87 bits per heavy atom. The predicted molar refractivity (Wildman–Crippen MR) is 63.2 cm³/mol. The van der Waals surface area contributed by atoms with Crippen molar-refractivity contribution in [1.29, 1.82) is 0 Å². The number of aromatic nitrogens is 2. The quantitative estimate of drug-likeness (QED) is 0.896. The minimum Gasteiger partial charge on any atom is -0.374 e. The highest BCUT2D eigenvalue weighted by atomic mass is 35.5. The van der Waals surface area contributed by atoms with Crippen LogP contribution in [0.3, 0.4) is 0 Å². The van der Waals surface area contributed by atoms with Crippen LogP contribution in [0.4, 0.5) is 5.13 Å². The maximum Gasteiger partial charge on any atom is 0.199 e. The van der Waals surface area contributed by atoms with E-state index in [1.54, 1.807) is 0 Å². The van der Waals surface area contributed by atoms with Gasteiger partial charge in [0.1, 0.15) is 5.82 Å². The lowest BCUT2D eigenvalue weighted by molar-refractivity contribution is 0.891. The summed E-state index contributed by atoms with van der Waals surface area (Å²) in [5.74, 6) is 0.803. The normalized spacial score (nSPS) is 10.5. The largest absolute Gasteiger partial charge is 0.374 e. The second-order valence-electron chi connectivity index (χ2n) is 3.18. The number of aryl methyl sites for hydroxylation is 2. The van der Waals surface area contributed by atoms with Gasteiger partial charge in [0, 0.05) is 23.0 Å². The molecule has 5 heteroatoms. The first-order chi connectivity index (χ1) is 7.24. The van der Waals surface area contributed by atoms with Crippen molar-refractivity contribution in [3.63, 3.8) is 0 Å². The Morgan fingerprint density at radius 1 is 1.33 bits per heavy atom. The van der Waals surface area contributed by atoms with Crippen LogP contribution in [0, 0.1) is 0 Å². The molecule has 78 valence electrons. The second-order valence-corrected chi connectivity index (χ2v) is 4.40. The number of nitrogens with zero attached hydrogens (tertiary/aromatic N) is 2. The van der Waals surface area contributed by atoms with Crippen LogP contribution < -0.4 is 5.73 Å². The van der Waals surface area contributed by atoms with Crippen LogP contribution in [0.1, 0.15) is 11.4 Å². The molecule has 0 unspecified atom stereocenters. The van der Waals surface area contributed by atoms with Crippen LogP contribution in [0.25, 0.3) is 0 Å². The lowest BCUT2D eigenvalue weighted by Crippen LogP contribution is -1.94. The highest BCUT2D eigenvalue weighted by Gasteiger charge is 2.01. The number of nitrogens with two attached hydrogens (primary N) is 1. The maximum absolute atomic E-state index is 5.88. The van der Waals surface area contributed by atoms with Crippen molar-refractivity contribution in [2.24, 2.45) is 0 Å². The van der Waals surface area contributed by atoms with Crippen LogP contribution in [0.2, 0.25) is 5.02 Å². The molecule has 3 nitrogen and oxygen atoms in total. The Kier molecular flexibility index (Phi) is 3.18. The van der Waals surface area contributed by atoms with Crippen molar-refractivity contribution in [3.8, 4) is 0 Å². The van der Waals surface area contributed by atoms with E-state index in [4.69, 9.17) is 17.3 Å². The summed E-state index contributed by atoms with van der Waals surface area (Å²) in [7, 11) is 0. The zero-order valence-electron chi connectivity index (χ0n) is 7.98. The molecule has 0 saturated heterocycles. The maximum atomic E-state index is 5.88. The monoisotopic (exact) mass is 239 g/mol. The number of nitrogen functional groups attached to an aromatic ring is 1. The van der Waals surface area contributed by atoms with Gasteiger partial charge in [0.2, 0.25) is 0 Å². The molecular formula is C10H10ClN3S. The summed E-state index contributed by atoms with van der Waals surface area (Å²) in [5.41, 5.74) is 6.69. The summed E-state index contributed by atoms with van der Waals surface area (Å²) >= 11 is 7.11. The number of hydrogen-bond acceptors (Lipinski definition) is 4. The number of anilines is 1. The van der Waals surface area contributed by atoms with Crippen molar-refractivity contribution in [1.82, 2.24) is 9.36 Å². The SMILES string of the molecule is Nc1nc(CCc2cccc(Cl)c2)ns1. The zero-order valence-corrected chi connectivity index (χ0v) is 9.55. The van der Waals surface area contributed by atoms with E-state index < -0.39 is 0 Å². The topological polar surface area (TPSA) is 51.8 Å². The Labute approximate surface area is 97.1 Å². The van der Waals surface area contributed by atoms with Gasteiger partial charge < -0.3 is 5.73 Å². The van der Waals surface area contributed by atoms with Gasteiger partial charge in [-0.1, -0.05) is 23.7 Å².